The Kier molecular flexibility index (Phi) is 1.60. The van der Waals surface area contributed by atoms with E-state index < -0.39 is 5.97 Å². The first-order valence-electron chi connectivity index (χ1n) is 4.68. The quantitative estimate of drug-likeness (QED) is 0.587. The summed E-state index contributed by atoms with van der Waals surface area (Å²) in [4.78, 5) is 16.5. The van der Waals surface area contributed by atoms with Crippen molar-refractivity contribution >= 4 is 27.9 Å². The highest BCUT2D eigenvalue weighted by molar-refractivity contribution is 6.07. The van der Waals surface area contributed by atoms with Gasteiger partial charge in [0.05, 0.1) is 16.6 Å². The first-order valence-corrected chi connectivity index (χ1v) is 4.68. The SMILES string of the molecule is O=C(O)c1cc2[nH]c3cc(F)ccc3c2[nH]1. The molecule has 2 heterocycles. The Labute approximate surface area is 88.7 Å². The molecule has 3 aromatic rings. The second-order valence-electron chi connectivity index (χ2n) is 3.59. The van der Waals surface area contributed by atoms with E-state index in [1.54, 1.807) is 6.07 Å². The number of carboxylic acids is 1. The molecule has 0 atom stereocenters. The van der Waals surface area contributed by atoms with Crippen LogP contribution in [0.1, 0.15) is 10.5 Å². The molecule has 3 N–H and O–H groups in total. The largest absolute Gasteiger partial charge is 0.477 e. The molecule has 0 amide bonds. The van der Waals surface area contributed by atoms with Crippen LogP contribution in [0.15, 0.2) is 24.3 Å². The standard InChI is InChI=1S/C11H7FN2O2/c12-5-1-2-6-7(3-5)13-8-4-9(11(15)16)14-10(6)8/h1-4,13-14H,(H,15,16). The van der Waals surface area contributed by atoms with E-state index in [0.717, 1.165) is 5.39 Å². The number of hydrogen-bond acceptors (Lipinski definition) is 1. The van der Waals surface area contributed by atoms with Gasteiger partial charge in [-0.05, 0) is 24.3 Å². The lowest BCUT2D eigenvalue weighted by atomic mass is 10.2. The zero-order chi connectivity index (χ0) is 11.3. The average Bonchev–Trinajstić information content (AvgIpc) is 2.73. The summed E-state index contributed by atoms with van der Waals surface area (Å²) in [5.74, 6) is -1.34. The van der Waals surface area contributed by atoms with Gasteiger partial charge in [0, 0.05) is 5.39 Å². The number of hydrogen-bond donors (Lipinski definition) is 3. The van der Waals surface area contributed by atoms with Gasteiger partial charge in [-0.25, -0.2) is 9.18 Å². The Hall–Kier alpha value is -2.30. The van der Waals surface area contributed by atoms with Gasteiger partial charge < -0.3 is 15.1 Å². The fourth-order valence-corrected chi connectivity index (χ4v) is 1.86. The van der Waals surface area contributed by atoms with Gasteiger partial charge in [0.15, 0.2) is 0 Å². The van der Waals surface area contributed by atoms with Gasteiger partial charge in [0.2, 0.25) is 0 Å². The third-order valence-corrected chi connectivity index (χ3v) is 2.57. The predicted octanol–water partition coefficient (Wildman–Crippen LogP) is 2.49. The van der Waals surface area contributed by atoms with Crippen molar-refractivity contribution in [2.45, 2.75) is 0 Å². The molecule has 16 heavy (non-hydrogen) atoms. The number of benzene rings is 1. The molecule has 0 spiro atoms. The number of aromatic carboxylic acids is 1. The Balaban J connectivity index is 2.38. The molecule has 0 saturated carbocycles. The first kappa shape index (κ1) is 8.96. The van der Waals surface area contributed by atoms with Crippen LogP contribution in [0.2, 0.25) is 0 Å². The van der Waals surface area contributed by atoms with E-state index in [0.29, 0.717) is 16.6 Å². The van der Waals surface area contributed by atoms with E-state index in [4.69, 9.17) is 5.11 Å². The minimum absolute atomic E-state index is 0.118. The van der Waals surface area contributed by atoms with E-state index in [1.807, 2.05) is 0 Å². The number of carbonyl (C=O) groups is 1. The van der Waals surface area contributed by atoms with Gasteiger partial charge in [-0.1, -0.05) is 0 Å². The highest BCUT2D eigenvalue weighted by Crippen LogP contribution is 2.25. The molecule has 0 aliphatic carbocycles. The summed E-state index contributed by atoms with van der Waals surface area (Å²) in [6.07, 6.45) is 0. The smallest absolute Gasteiger partial charge is 0.352 e. The van der Waals surface area contributed by atoms with Gasteiger partial charge in [0.25, 0.3) is 0 Å². The van der Waals surface area contributed by atoms with Crippen LogP contribution in [0, 0.1) is 5.82 Å². The van der Waals surface area contributed by atoms with E-state index in [-0.39, 0.29) is 11.5 Å². The van der Waals surface area contributed by atoms with Crippen LogP contribution in [-0.4, -0.2) is 21.0 Å². The topological polar surface area (TPSA) is 68.9 Å². The van der Waals surface area contributed by atoms with Crippen molar-refractivity contribution in [1.82, 2.24) is 9.97 Å². The highest BCUT2D eigenvalue weighted by Gasteiger charge is 2.12. The zero-order valence-electron chi connectivity index (χ0n) is 8.04. The number of aromatic nitrogens is 2. The Bertz CT molecular complexity index is 711. The van der Waals surface area contributed by atoms with Crippen molar-refractivity contribution in [2.75, 3.05) is 0 Å². The van der Waals surface area contributed by atoms with Gasteiger partial charge in [-0.3, -0.25) is 0 Å². The number of H-pyrrole nitrogens is 2. The molecule has 0 bridgehead atoms. The summed E-state index contributed by atoms with van der Waals surface area (Å²) in [6.45, 7) is 0. The Morgan fingerprint density at radius 2 is 2.00 bits per heavy atom. The van der Waals surface area contributed by atoms with Crippen LogP contribution in [0.3, 0.4) is 0 Å². The fraction of sp³-hybridized carbons (Fsp3) is 0. The van der Waals surface area contributed by atoms with Crippen molar-refractivity contribution in [3.05, 3.63) is 35.8 Å². The first-order chi connectivity index (χ1) is 7.65. The molecule has 0 fully saturated rings. The minimum Gasteiger partial charge on any atom is -0.477 e. The van der Waals surface area contributed by atoms with Crippen LogP contribution < -0.4 is 0 Å². The van der Waals surface area contributed by atoms with Crippen molar-refractivity contribution < 1.29 is 14.3 Å². The molecule has 3 rings (SSSR count). The lowest BCUT2D eigenvalue weighted by Crippen LogP contribution is -1.95. The van der Waals surface area contributed by atoms with E-state index in [1.165, 1.54) is 18.2 Å². The summed E-state index contributed by atoms with van der Waals surface area (Å²) < 4.78 is 13.0. The van der Waals surface area contributed by atoms with Crippen LogP contribution in [0.4, 0.5) is 4.39 Å². The van der Waals surface area contributed by atoms with Crippen LogP contribution in [-0.2, 0) is 0 Å². The molecular formula is C11H7FN2O2. The second-order valence-corrected chi connectivity index (χ2v) is 3.59. The zero-order valence-corrected chi connectivity index (χ0v) is 8.04. The van der Waals surface area contributed by atoms with Gasteiger partial charge in [-0.15, -0.1) is 0 Å². The maximum atomic E-state index is 13.0. The molecule has 2 aromatic heterocycles. The van der Waals surface area contributed by atoms with E-state index in [2.05, 4.69) is 9.97 Å². The fourth-order valence-electron chi connectivity index (χ4n) is 1.86. The minimum atomic E-state index is -1.01. The number of carboxylic acid groups (broad SMARTS) is 1. The maximum Gasteiger partial charge on any atom is 0.352 e. The molecule has 0 saturated heterocycles. The van der Waals surface area contributed by atoms with Crippen molar-refractivity contribution in [3.63, 3.8) is 0 Å². The van der Waals surface area contributed by atoms with Crippen LogP contribution in [0.5, 0.6) is 0 Å². The molecule has 80 valence electrons. The molecule has 0 unspecified atom stereocenters. The summed E-state index contributed by atoms with van der Waals surface area (Å²) in [6, 6.07) is 5.84. The molecule has 4 nitrogen and oxygen atoms in total. The number of rotatable bonds is 1. The van der Waals surface area contributed by atoms with E-state index in [9.17, 15) is 9.18 Å². The molecule has 0 aliphatic heterocycles. The predicted molar refractivity (Wildman–Crippen MR) is 57.1 cm³/mol. The lowest BCUT2D eigenvalue weighted by Gasteiger charge is -1.91. The summed E-state index contributed by atoms with van der Waals surface area (Å²) in [7, 11) is 0. The van der Waals surface area contributed by atoms with Crippen molar-refractivity contribution in [2.24, 2.45) is 0 Å². The highest BCUT2D eigenvalue weighted by atomic mass is 19.1. The second kappa shape index (κ2) is 2.85. The monoisotopic (exact) mass is 218 g/mol. The van der Waals surface area contributed by atoms with Crippen molar-refractivity contribution in [3.8, 4) is 0 Å². The van der Waals surface area contributed by atoms with Gasteiger partial charge in [0.1, 0.15) is 11.5 Å². The van der Waals surface area contributed by atoms with Crippen LogP contribution in [0.25, 0.3) is 21.9 Å². The Morgan fingerprint density at radius 3 is 2.75 bits per heavy atom. The number of fused-ring (bicyclic) bond motifs is 3. The third kappa shape index (κ3) is 1.11. The lowest BCUT2D eigenvalue weighted by molar-refractivity contribution is 0.0691. The molecule has 1 aromatic carbocycles. The molecule has 5 heteroatoms. The molecular weight excluding hydrogens is 211 g/mol. The maximum absolute atomic E-state index is 13.0. The normalized spacial score (nSPS) is 11.3. The number of aromatic amines is 2. The number of nitrogens with one attached hydrogen (secondary N) is 2. The summed E-state index contributed by atoms with van der Waals surface area (Å²) in [5.41, 5.74) is 2.12. The van der Waals surface area contributed by atoms with Gasteiger partial charge >= 0.3 is 5.97 Å². The van der Waals surface area contributed by atoms with Crippen LogP contribution >= 0.6 is 0 Å². The van der Waals surface area contributed by atoms with Crippen molar-refractivity contribution in [1.29, 1.82) is 0 Å². The third-order valence-electron chi connectivity index (χ3n) is 2.57. The average molecular weight is 218 g/mol. The Morgan fingerprint density at radius 1 is 1.19 bits per heavy atom. The van der Waals surface area contributed by atoms with Gasteiger partial charge in [-0.2, -0.15) is 0 Å². The molecule has 0 aliphatic rings. The number of halogens is 1. The summed E-state index contributed by atoms with van der Waals surface area (Å²) in [5, 5.41) is 9.60. The summed E-state index contributed by atoms with van der Waals surface area (Å²) >= 11 is 0. The molecule has 0 radical (unpaired) electrons. The van der Waals surface area contributed by atoms with E-state index >= 15 is 0 Å².